The minimum atomic E-state index is -0.834. The summed E-state index contributed by atoms with van der Waals surface area (Å²) >= 11 is 6.04. The largest absolute Gasteiger partial charge is 0.465 e. The Morgan fingerprint density at radius 2 is 2.03 bits per heavy atom. The van der Waals surface area contributed by atoms with Gasteiger partial charge in [0, 0.05) is 36.0 Å². The molecular weight excluding hydrogens is 443 g/mol. The maximum absolute atomic E-state index is 13.9. The van der Waals surface area contributed by atoms with Crippen molar-refractivity contribution >= 4 is 51.2 Å². The summed E-state index contributed by atoms with van der Waals surface area (Å²) in [5.41, 5.74) is 0.668. The fourth-order valence-electron chi connectivity index (χ4n) is 3.59. The van der Waals surface area contributed by atoms with E-state index in [9.17, 15) is 19.3 Å². The van der Waals surface area contributed by atoms with Gasteiger partial charge in [0.1, 0.15) is 22.1 Å². The number of nitro benzene ring substituents is 1. The Morgan fingerprint density at radius 3 is 2.72 bits per heavy atom. The van der Waals surface area contributed by atoms with Gasteiger partial charge in [0.15, 0.2) is 0 Å². The van der Waals surface area contributed by atoms with Gasteiger partial charge in [-0.25, -0.2) is 9.18 Å². The van der Waals surface area contributed by atoms with Gasteiger partial charge in [-0.3, -0.25) is 15.1 Å². The van der Waals surface area contributed by atoms with Crippen LogP contribution in [0.4, 0.5) is 27.1 Å². The zero-order valence-electron chi connectivity index (χ0n) is 16.9. The monoisotopic (exact) mass is 460 g/mol. The van der Waals surface area contributed by atoms with Crippen molar-refractivity contribution < 1.29 is 23.6 Å². The maximum Gasteiger partial charge on any atom is 0.345 e. The van der Waals surface area contributed by atoms with Crippen molar-refractivity contribution in [1.29, 1.82) is 0 Å². The highest BCUT2D eigenvalue weighted by molar-refractivity contribution is 6.35. The Bertz CT molecular complexity index is 1220. The van der Waals surface area contributed by atoms with E-state index in [4.69, 9.17) is 21.1 Å². The maximum atomic E-state index is 13.9. The molecule has 2 aromatic carbocycles. The highest BCUT2D eigenvalue weighted by atomic mass is 35.5. The van der Waals surface area contributed by atoms with Crippen molar-refractivity contribution in [2.75, 3.05) is 43.6 Å². The fraction of sp³-hybridized carbons (Fsp3) is 0.238. The first-order chi connectivity index (χ1) is 15.4. The van der Waals surface area contributed by atoms with E-state index in [0.29, 0.717) is 43.1 Å². The van der Waals surface area contributed by atoms with Crippen molar-refractivity contribution in [2.24, 2.45) is 0 Å². The van der Waals surface area contributed by atoms with E-state index in [2.05, 4.69) is 10.3 Å². The number of methoxy groups -OCH3 is 1. The molecule has 0 saturated carbocycles. The molecule has 0 aliphatic carbocycles. The number of halogens is 2. The number of anilines is 3. The van der Waals surface area contributed by atoms with Gasteiger partial charge in [0.2, 0.25) is 0 Å². The first-order valence-electron chi connectivity index (χ1n) is 9.64. The first kappa shape index (κ1) is 21.7. The number of nitrogens with one attached hydrogen (secondary N) is 1. The van der Waals surface area contributed by atoms with Crippen LogP contribution >= 0.6 is 11.6 Å². The SMILES string of the molecule is COC(=O)c1cc(N2CCOCC2)cc(Nc2ccnc3c(Cl)c(F)ccc23)c1[N+](=O)[O-]. The Kier molecular flexibility index (Phi) is 6.06. The summed E-state index contributed by atoms with van der Waals surface area (Å²) < 4.78 is 24.0. The van der Waals surface area contributed by atoms with Crippen LogP contribution in [0.3, 0.4) is 0 Å². The number of morpholine rings is 1. The molecular formula is C21H18ClFN4O5. The molecule has 2 heterocycles. The Labute approximate surface area is 186 Å². The summed E-state index contributed by atoms with van der Waals surface area (Å²) in [4.78, 5) is 29.8. The molecule has 32 heavy (non-hydrogen) atoms. The molecule has 1 aromatic heterocycles. The number of nitro groups is 1. The number of nitrogens with zero attached hydrogens (tertiary/aromatic N) is 3. The lowest BCUT2D eigenvalue weighted by atomic mass is 10.1. The van der Waals surface area contributed by atoms with Crippen molar-refractivity contribution in [2.45, 2.75) is 0 Å². The van der Waals surface area contributed by atoms with E-state index < -0.39 is 22.4 Å². The molecule has 1 aliphatic rings. The molecule has 3 aromatic rings. The molecule has 1 saturated heterocycles. The first-order valence-corrected chi connectivity index (χ1v) is 10.0. The van der Waals surface area contributed by atoms with E-state index in [1.54, 1.807) is 12.1 Å². The average molecular weight is 461 g/mol. The summed E-state index contributed by atoms with van der Waals surface area (Å²) in [6.45, 7) is 2.11. The molecule has 0 atom stereocenters. The Hall–Kier alpha value is -3.50. The predicted octanol–water partition coefficient (Wildman–Crippen LogP) is 4.30. The predicted molar refractivity (Wildman–Crippen MR) is 117 cm³/mol. The quantitative estimate of drug-likeness (QED) is 0.341. The lowest BCUT2D eigenvalue weighted by Gasteiger charge is -2.29. The summed E-state index contributed by atoms with van der Waals surface area (Å²) in [6, 6.07) is 7.28. The van der Waals surface area contributed by atoms with Crippen LogP contribution in [0.25, 0.3) is 10.9 Å². The van der Waals surface area contributed by atoms with Crippen LogP contribution in [0.5, 0.6) is 0 Å². The zero-order chi connectivity index (χ0) is 22.8. The lowest BCUT2D eigenvalue weighted by Crippen LogP contribution is -2.36. The number of hydrogen-bond acceptors (Lipinski definition) is 8. The summed E-state index contributed by atoms with van der Waals surface area (Å²) in [6.07, 6.45) is 1.41. The fourth-order valence-corrected chi connectivity index (χ4v) is 3.81. The van der Waals surface area contributed by atoms with E-state index >= 15 is 0 Å². The van der Waals surface area contributed by atoms with E-state index in [-0.39, 0.29) is 21.8 Å². The molecule has 166 valence electrons. The van der Waals surface area contributed by atoms with E-state index in [0.717, 1.165) is 7.11 Å². The van der Waals surface area contributed by atoms with Gasteiger partial charge >= 0.3 is 11.7 Å². The third kappa shape index (κ3) is 4.02. The van der Waals surface area contributed by atoms with Crippen molar-refractivity contribution in [3.8, 4) is 0 Å². The summed E-state index contributed by atoms with van der Waals surface area (Å²) in [5.74, 6) is -1.46. The minimum absolute atomic E-state index is 0.0762. The van der Waals surface area contributed by atoms with Gasteiger partial charge in [0.05, 0.1) is 30.8 Å². The van der Waals surface area contributed by atoms with Crippen LogP contribution in [-0.4, -0.2) is 49.3 Å². The minimum Gasteiger partial charge on any atom is -0.465 e. The molecule has 1 fully saturated rings. The van der Waals surface area contributed by atoms with Crippen LogP contribution in [0, 0.1) is 15.9 Å². The van der Waals surface area contributed by atoms with Crippen molar-refractivity contribution in [1.82, 2.24) is 4.98 Å². The number of rotatable bonds is 5. The average Bonchev–Trinajstić information content (AvgIpc) is 2.81. The second-order valence-electron chi connectivity index (χ2n) is 6.98. The summed E-state index contributed by atoms with van der Waals surface area (Å²) in [5, 5.41) is 15.3. The Morgan fingerprint density at radius 1 is 1.28 bits per heavy atom. The number of esters is 1. The number of hydrogen-bond donors (Lipinski definition) is 1. The van der Waals surface area contributed by atoms with Gasteiger partial charge in [0.25, 0.3) is 0 Å². The third-order valence-electron chi connectivity index (χ3n) is 5.13. The van der Waals surface area contributed by atoms with Crippen molar-refractivity contribution in [3.05, 3.63) is 63.0 Å². The number of aromatic nitrogens is 1. The van der Waals surface area contributed by atoms with E-state index in [1.165, 1.54) is 24.4 Å². The van der Waals surface area contributed by atoms with Crippen LogP contribution in [0.2, 0.25) is 5.02 Å². The van der Waals surface area contributed by atoms with Gasteiger partial charge in [-0.15, -0.1) is 0 Å². The molecule has 0 spiro atoms. The van der Waals surface area contributed by atoms with E-state index in [1.807, 2.05) is 4.90 Å². The lowest BCUT2D eigenvalue weighted by molar-refractivity contribution is -0.384. The highest BCUT2D eigenvalue weighted by Gasteiger charge is 2.29. The second kappa shape index (κ2) is 8.93. The number of ether oxygens (including phenoxy) is 2. The molecule has 1 aliphatic heterocycles. The van der Waals surface area contributed by atoms with Crippen molar-refractivity contribution in [3.63, 3.8) is 0 Å². The van der Waals surface area contributed by atoms with Gasteiger partial charge in [-0.05, 0) is 30.3 Å². The highest BCUT2D eigenvalue weighted by Crippen LogP contribution is 2.38. The van der Waals surface area contributed by atoms with Crippen LogP contribution in [0.1, 0.15) is 10.4 Å². The van der Waals surface area contributed by atoms with Crippen LogP contribution < -0.4 is 10.2 Å². The molecule has 1 N–H and O–H groups in total. The second-order valence-corrected chi connectivity index (χ2v) is 7.36. The van der Waals surface area contributed by atoms with Crippen LogP contribution in [0.15, 0.2) is 36.5 Å². The molecule has 0 amide bonds. The molecule has 9 nitrogen and oxygen atoms in total. The number of carbonyl (C=O) groups is 1. The summed E-state index contributed by atoms with van der Waals surface area (Å²) in [7, 11) is 1.16. The normalized spacial score (nSPS) is 13.8. The van der Waals surface area contributed by atoms with Gasteiger partial charge in [-0.2, -0.15) is 0 Å². The molecule has 0 radical (unpaired) electrons. The molecule has 0 bridgehead atoms. The van der Waals surface area contributed by atoms with Gasteiger partial charge < -0.3 is 19.7 Å². The number of pyridine rings is 1. The number of fused-ring (bicyclic) bond motifs is 1. The van der Waals surface area contributed by atoms with Gasteiger partial charge in [-0.1, -0.05) is 11.6 Å². The van der Waals surface area contributed by atoms with Crippen LogP contribution in [-0.2, 0) is 9.47 Å². The smallest absolute Gasteiger partial charge is 0.345 e. The molecule has 11 heteroatoms. The topological polar surface area (TPSA) is 107 Å². The standard InChI is InChI=1S/C21H18ClFN4O5/c1-31-21(28)14-10-12(26-6-8-32-9-7-26)11-17(20(14)27(29)30)25-16-4-5-24-19-13(16)2-3-15(23)18(19)22/h2-5,10-11H,6-9H2,1H3,(H,24,25). The zero-order valence-corrected chi connectivity index (χ0v) is 17.7. The Balaban J connectivity index is 1.89. The molecule has 0 unspecified atom stereocenters. The third-order valence-corrected chi connectivity index (χ3v) is 5.49. The number of benzene rings is 2. The number of carbonyl (C=O) groups excluding carboxylic acids is 1. The molecule has 4 rings (SSSR count).